The van der Waals surface area contributed by atoms with Crippen LogP contribution < -0.4 is 5.32 Å². The Bertz CT molecular complexity index is 414. The van der Waals surface area contributed by atoms with Crippen LogP contribution in [0.25, 0.3) is 0 Å². The van der Waals surface area contributed by atoms with E-state index in [4.69, 9.17) is 9.15 Å². The summed E-state index contributed by atoms with van der Waals surface area (Å²) in [6, 6.07) is 3.34. The zero-order valence-corrected chi connectivity index (χ0v) is 11.9. The number of nitrogens with zero attached hydrogens (tertiary/aromatic N) is 1. The summed E-state index contributed by atoms with van der Waals surface area (Å²) in [5.74, 6) is 1.09. The van der Waals surface area contributed by atoms with Crippen molar-refractivity contribution in [1.82, 2.24) is 10.2 Å². The summed E-state index contributed by atoms with van der Waals surface area (Å²) in [6.45, 7) is 4.84. The highest BCUT2D eigenvalue weighted by Gasteiger charge is 2.28. The Morgan fingerprint density at radius 3 is 2.89 bits per heavy atom. The Morgan fingerprint density at radius 1 is 1.37 bits per heavy atom. The first-order valence-electron chi connectivity index (χ1n) is 7.34. The average molecular weight is 264 g/mol. The number of hydrogen-bond donors (Lipinski definition) is 1. The molecule has 2 unspecified atom stereocenters. The van der Waals surface area contributed by atoms with Crippen LogP contribution in [0.15, 0.2) is 16.7 Å². The lowest BCUT2D eigenvalue weighted by Gasteiger charge is -2.26. The van der Waals surface area contributed by atoms with Gasteiger partial charge in [0.05, 0.1) is 18.9 Å². The SMILES string of the molecule is CC1OCCC1N(C)Cc1occc1CNC1CC1. The molecule has 2 atom stereocenters. The molecule has 3 rings (SSSR count). The van der Waals surface area contributed by atoms with E-state index in [0.29, 0.717) is 12.1 Å². The molecular formula is C15H24N2O2. The molecule has 1 saturated heterocycles. The smallest absolute Gasteiger partial charge is 0.122 e. The lowest BCUT2D eigenvalue weighted by Crippen LogP contribution is -2.36. The Hall–Kier alpha value is -0.840. The summed E-state index contributed by atoms with van der Waals surface area (Å²) in [4.78, 5) is 2.36. The van der Waals surface area contributed by atoms with E-state index in [9.17, 15) is 0 Å². The average Bonchev–Trinajstić information content (AvgIpc) is 2.96. The maximum Gasteiger partial charge on any atom is 0.122 e. The summed E-state index contributed by atoms with van der Waals surface area (Å²) in [5.41, 5.74) is 1.30. The number of hydrogen-bond acceptors (Lipinski definition) is 4. The minimum atomic E-state index is 0.327. The van der Waals surface area contributed by atoms with E-state index in [0.717, 1.165) is 37.9 Å². The third-order valence-corrected chi connectivity index (χ3v) is 4.29. The molecule has 0 bridgehead atoms. The molecule has 0 amide bonds. The number of rotatable bonds is 6. The molecule has 1 aromatic rings. The second kappa shape index (κ2) is 5.65. The minimum absolute atomic E-state index is 0.327. The molecule has 1 aliphatic heterocycles. The van der Waals surface area contributed by atoms with Crippen molar-refractivity contribution in [1.29, 1.82) is 0 Å². The number of furan rings is 1. The summed E-state index contributed by atoms with van der Waals surface area (Å²) in [5, 5.41) is 3.55. The van der Waals surface area contributed by atoms with Crippen LogP contribution >= 0.6 is 0 Å². The van der Waals surface area contributed by atoms with Gasteiger partial charge in [0.1, 0.15) is 5.76 Å². The maximum atomic E-state index is 5.66. The Labute approximate surface area is 115 Å². The molecule has 1 aliphatic carbocycles. The van der Waals surface area contributed by atoms with Crippen LogP contribution in [-0.4, -0.2) is 36.7 Å². The lowest BCUT2D eigenvalue weighted by molar-refractivity contribution is 0.0790. The van der Waals surface area contributed by atoms with E-state index in [1.165, 1.54) is 18.4 Å². The van der Waals surface area contributed by atoms with Gasteiger partial charge in [-0.05, 0) is 39.3 Å². The third-order valence-electron chi connectivity index (χ3n) is 4.29. The van der Waals surface area contributed by atoms with Crippen LogP contribution in [0.1, 0.15) is 37.5 Å². The Morgan fingerprint density at radius 2 is 2.21 bits per heavy atom. The zero-order valence-electron chi connectivity index (χ0n) is 11.9. The molecule has 2 heterocycles. The molecular weight excluding hydrogens is 240 g/mol. The molecule has 4 nitrogen and oxygen atoms in total. The van der Waals surface area contributed by atoms with E-state index >= 15 is 0 Å². The maximum absolute atomic E-state index is 5.66. The summed E-state index contributed by atoms with van der Waals surface area (Å²) >= 11 is 0. The van der Waals surface area contributed by atoms with Crippen LogP contribution in [-0.2, 0) is 17.8 Å². The fourth-order valence-corrected chi connectivity index (χ4v) is 2.85. The van der Waals surface area contributed by atoms with Crippen molar-refractivity contribution >= 4 is 0 Å². The molecule has 19 heavy (non-hydrogen) atoms. The highest BCUT2D eigenvalue weighted by atomic mass is 16.5. The van der Waals surface area contributed by atoms with E-state index in [2.05, 4.69) is 30.3 Å². The van der Waals surface area contributed by atoms with E-state index < -0.39 is 0 Å². The fraction of sp³-hybridized carbons (Fsp3) is 0.733. The van der Waals surface area contributed by atoms with Gasteiger partial charge in [0.15, 0.2) is 0 Å². The molecule has 1 N–H and O–H groups in total. The predicted molar refractivity (Wildman–Crippen MR) is 73.9 cm³/mol. The van der Waals surface area contributed by atoms with Gasteiger partial charge in [-0.15, -0.1) is 0 Å². The summed E-state index contributed by atoms with van der Waals surface area (Å²) in [7, 11) is 2.16. The van der Waals surface area contributed by atoms with Gasteiger partial charge in [0, 0.05) is 30.8 Å². The second-order valence-corrected chi connectivity index (χ2v) is 5.87. The van der Waals surface area contributed by atoms with Crippen LogP contribution in [0.3, 0.4) is 0 Å². The number of nitrogens with one attached hydrogen (secondary N) is 1. The largest absolute Gasteiger partial charge is 0.468 e. The van der Waals surface area contributed by atoms with Crippen molar-refractivity contribution in [3.05, 3.63) is 23.7 Å². The second-order valence-electron chi connectivity index (χ2n) is 5.87. The highest BCUT2D eigenvalue weighted by molar-refractivity contribution is 5.17. The lowest BCUT2D eigenvalue weighted by atomic mass is 10.1. The molecule has 2 fully saturated rings. The van der Waals surface area contributed by atoms with Gasteiger partial charge in [-0.25, -0.2) is 0 Å². The van der Waals surface area contributed by atoms with Crippen molar-refractivity contribution in [2.75, 3.05) is 13.7 Å². The van der Waals surface area contributed by atoms with Crippen molar-refractivity contribution in [2.45, 2.75) is 57.5 Å². The van der Waals surface area contributed by atoms with Gasteiger partial charge >= 0.3 is 0 Å². The normalized spacial score (nSPS) is 27.3. The van der Waals surface area contributed by atoms with Crippen molar-refractivity contribution < 1.29 is 9.15 Å². The molecule has 4 heteroatoms. The molecule has 0 radical (unpaired) electrons. The summed E-state index contributed by atoms with van der Waals surface area (Å²) in [6.07, 6.45) is 5.90. The third kappa shape index (κ3) is 3.19. The molecule has 2 aliphatic rings. The van der Waals surface area contributed by atoms with Gasteiger partial charge < -0.3 is 14.5 Å². The van der Waals surface area contributed by atoms with Gasteiger partial charge in [-0.1, -0.05) is 0 Å². The molecule has 106 valence electrons. The fourth-order valence-electron chi connectivity index (χ4n) is 2.85. The first-order chi connectivity index (χ1) is 9.24. The topological polar surface area (TPSA) is 37.6 Å². The van der Waals surface area contributed by atoms with Crippen LogP contribution in [0.4, 0.5) is 0 Å². The van der Waals surface area contributed by atoms with Crippen molar-refractivity contribution in [2.24, 2.45) is 0 Å². The van der Waals surface area contributed by atoms with Gasteiger partial charge in [0.25, 0.3) is 0 Å². The highest BCUT2D eigenvalue weighted by Crippen LogP contribution is 2.23. The first-order valence-corrected chi connectivity index (χ1v) is 7.34. The Kier molecular flexibility index (Phi) is 3.91. The molecule has 1 aromatic heterocycles. The van der Waals surface area contributed by atoms with Crippen LogP contribution in [0.5, 0.6) is 0 Å². The van der Waals surface area contributed by atoms with E-state index in [1.807, 2.05) is 6.26 Å². The quantitative estimate of drug-likeness (QED) is 0.854. The van der Waals surface area contributed by atoms with Crippen molar-refractivity contribution in [3.63, 3.8) is 0 Å². The van der Waals surface area contributed by atoms with Crippen molar-refractivity contribution in [3.8, 4) is 0 Å². The standard InChI is InChI=1S/C15H24N2O2/c1-11-14(6-8-18-11)17(2)10-15-12(5-7-19-15)9-16-13-3-4-13/h5,7,11,13-14,16H,3-4,6,8-10H2,1-2H3. The Balaban J connectivity index is 1.57. The van der Waals surface area contributed by atoms with Gasteiger partial charge in [-0.3, -0.25) is 4.90 Å². The van der Waals surface area contributed by atoms with Crippen LogP contribution in [0, 0.1) is 0 Å². The molecule has 1 saturated carbocycles. The molecule has 0 aromatic carbocycles. The number of likely N-dealkylation sites (N-methyl/N-ethyl adjacent to an activating group) is 1. The van der Waals surface area contributed by atoms with Crippen LogP contribution in [0.2, 0.25) is 0 Å². The zero-order chi connectivity index (χ0) is 13.2. The summed E-state index contributed by atoms with van der Waals surface area (Å²) < 4.78 is 11.3. The van der Waals surface area contributed by atoms with Gasteiger partial charge in [-0.2, -0.15) is 0 Å². The van der Waals surface area contributed by atoms with E-state index in [-0.39, 0.29) is 0 Å². The minimum Gasteiger partial charge on any atom is -0.468 e. The molecule has 0 spiro atoms. The predicted octanol–water partition coefficient (Wildman–Crippen LogP) is 2.14. The number of ether oxygens (including phenoxy) is 1. The first kappa shape index (κ1) is 13.2. The van der Waals surface area contributed by atoms with Gasteiger partial charge in [0.2, 0.25) is 0 Å². The van der Waals surface area contributed by atoms with E-state index in [1.54, 1.807) is 0 Å². The monoisotopic (exact) mass is 264 g/mol.